The number of nitrogens with one attached hydrogen (secondary N) is 1. The maximum atomic E-state index is 9.71. The van der Waals surface area contributed by atoms with Gasteiger partial charge in [-0.25, -0.2) is 0 Å². The number of phenols is 1. The molecule has 0 atom stereocenters. The molecule has 1 fully saturated rings. The second-order valence-corrected chi connectivity index (χ2v) is 5.87. The molecule has 1 aromatic carbocycles. The summed E-state index contributed by atoms with van der Waals surface area (Å²) in [7, 11) is 0. The average Bonchev–Trinajstić information content (AvgIpc) is 2.38. The van der Waals surface area contributed by atoms with Gasteiger partial charge in [0.15, 0.2) is 0 Å². The van der Waals surface area contributed by atoms with Crippen LogP contribution in [-0.2, 0) is 6.54 Å². The number of rotatable bonds is 4. The van der Waals surface area contributed by atoms with Gasteiger partial charge in [0.2, 0.25) is 0 Å². The molecule has 2 rings (SSSR count). The van der Waals surface area contributed by atoms with Gasteiger partial charge in [0.1, 0.15) is 5.75 Å². The Hall–Kier alpha value is -1.02. The van der Waals surface area contributed by atoms with Crippen molar-refractivity contribution in [3.8, 4) is 5.75 Å². The Labute approximate surface area is 110 Å². The van der Waals surface area contributed by atoms with E-state index in [9.17, 15) is 5.11 Å². The highest BCUT2D eigenvalue weighted by Crippen LogP contribution is 2.30. The maximum absolute atomic E-state index is 9.71. The molecular formula is C16H25NO. The highest BCUT2D eigenvalue weighted by Gasteiger charge is 2.22. The van der Waals surface area contributed by atoms with Crippen molar-refractivity contribution in [2.75, 3.05) is 0 Å². The summed E-state index contributed by atoms with van der Waals surface area (Å²) in [5.41, 5.74) is 1.00. The molecule has 18 heavy (non-hydrogen) atoms. The summed E-state index contributed by atoms with van der Waals surface area (Å²) in [6.45, 7) is 5.45. The summed E-state index contributed by atoms with van der Waals surface area (Å²) in [6.07, 6.45) is 5.24. The first-order valence-electron chi connectivity index (χ1n) is 7.17. The van der Waals surface area contributed by atoms with Crippen molar-refractivity contribution in [2.45, 2.75) is 52.1 Å². The average molecular weight is 247 g/mol. The van der Waals surface area contributed by atoms with E-state index in [-0.39, 0.29) is 0 Å². The lowest BCUT2D eigenvalue weighted by Gasteiger charge is -2.31. The smallest absolute Gasteiger partial charge is 0.120 e. The van der Waals surface area contributed by atoms with Crippen molar-refractivity contribution < 1.29 is 5.11 Å². The minimum atomic E-state index is 0.404. The Morgan fingerprint density at radius 3 is 2.44 bits per heavy atom. The molecule has 100 valence electrons. The number of aromatic hydroxyl groups is 1. The van der Waals surface area contributed by atoms with Crippen molar-refractivity contribution in [1.82, 2.24) is 5.32 Å². The minimum Gasteiger partial charge on any atom is -0.508 e. The summed E-state index contributed by atoms with van der Waals surface area (Å²) in [6, 6.07) is 8.22. The van der Waals surface area contributed by atoms with Crippen LogP contribution < -0.4 is 5.32 Å². The van der Waals surface area contributed by atoms with Crippen LogP contribution in [0.4, 0.5) is 0 Å². The molecule has 1 aliphatic rings. The van der Waals surface area contributed by atoms with Crippen LogP contribution in [0.1, 0.15) is 45.1 Å². The molecule has 1 aliphatic carbocycles. The zero-order chi connectivity index (χ0) is 13.0. The molecule has 0 spiro atoms. The monoisotopic (exact) mass is 247 g/mol. The van der Waals surface area contributed by atoms with Crippen molar-refractivity contribution in [2.24, 2.45) is 11.8 Å². The summed E-state index contributed by atoms with van der Waals surface area (Å²) in [4.78, 5) is 0. The fraction of sp³-hybridized carbons (Fsp3) is 0.625. The van der Waals surface area contributed by atoms with Crippen LogP contribution in [0.5, 0.6) is 5.75 Å². The van der Waals surface area contributed by atoms with Crippen molar-refractivity contribution in [3.05, 3.63) is 29.8 Å². The molecule has 1 saturated carbocycles. The first-order chi connectivity index (χ1) is 8.66. The minimum absolute atomic E-state index is 0.404. The second-order valence-electron chi connectivity index (χ2n) is 5.87. The molecule has 0 aromatic heterocycles. The number of benzene rings is 1. The van der Waals surface area contributed by atoms with Gasteiger partial charge >= 0.3 is 0 Å². The lowest BCUT2D eigenvalue weighted by atomic mass is 9.80. The van der Waals surface area contributed by atoms with Gasteiger partial charge in [-0.3, -0.25) is 0 Å². The van der Waals surface area contributed by atoms with E-state index in [1.54, 1.807) is 6.07 Å². The molecule has 2 nitrogen and oxygen atoms in total. The van der Waals surface area contributed by atoms with Crippen LogP contribution in [-0.4, -0.2) is 11.1 Å². The molecule has 0 aliphatic heterocycles. The standard InChI is InChI=1S/C16H25NO/c1-12(2)13-7-9-15(10-8-13)17-11-14-5-3-4-6-16(14)18/h3-6,12-13,15,17-18H,7-11H2,1-2H3. The van der Waals surface area contributed by atoms with Crippen LogP contribution >= 0.6 is 0 Å². The van der Waals surface area contributed by atoms with E-state index in [4.69, 9.17) is 0 Å². The quantitative estimate of drug-likeness (QED) is 0.850. The number of para-hydroxylation sites is 1. The topological polar surface area (TPSA) is 32.3 Å². The summed E-state index contributed by atoms with van der Waals surface area (Å²) >= 11 is 0. The molecule has 2 N–H and O–H groups in total. The first-order valence-corrected chi connectivity index (χ1v) is 7.17. The Morgan fingerprint density at radius 1 is 1.17 bits per heavy atom. The largest absolute Gasteiger partial charge is 0.508 e. The number of phenolic OH excluding ortho intramolecular Hbond substituents is 1. The van der Waals surface area contributed by atoms with Gasteiger partial charge in [0.05, 0.1) is 0 Å². The first kappa shape index (κ1) is 13.4. The van der Waals surface area contributed by atoms with E-state index in [2.05, 4.69) is 19.2 Å². The normalized spacial score (nSPS) is 24.4. The zero-order valence-corrected chi connectivity index (χ0v) is 11.5. The molecule has 0 saturated heterocycles. The Balaban J connectivity index is 1.77. The Bertz CT molecular complexity index is 367. The van der Waals surface area contributed by atoms with E-state index in [0.29, 0.717) is 11.8 Å². The maximum Gasteiger partial charge on any atom is 0.120 e. The van der Waals surface area contributed by atoms with Gasteiger partial charge in [-0.05, 0) is 43.6 Å². The SMILES string of the molecule is CC(C)C1CCC(NCc2ccccc2O)CC1. The molecule has 0 unspecified atom stereocenters. The van der Waals surface area contributed by atoms with Crippen LogP contribution in [0.15, 0.2) is 24.3 Å². The molecular weight excluding hydrogens is 222 g/mol. The predicted octanol–water partition coefficient (Wildman–Crippen LogP) is 3.70. The van der Waals surface area contributed by atoms with E-state index >= 15 is 0 Å². The van der Waals surface area contributed by atoms with E-state index in [1.807, 2.05) is 18.2 Å². The van der Waals surface area contributed by atoms with E-state index in [0.717, 1.165) is 23.9 Å². The van der Waals surface area contributed by atoms with Crippen LogP contribution in [0.2, 0.25) is 0 Å². The molecule has 0 amide bonds. The zero-order valence-electron chi connectivity index (χ0n) is 11.5. The molecule has 0 bridgehead atoms. The third-order valence-corrected chi connectivity index (χ3v) is 4.29. The van der Waals surface area contributed by atoms with Crippen LogP contribution in [0.25, 0.3) is 0 Å². The van der Waals surface area contributed by atoms with Gasteiger partial charge in [-0.15, -0.1) is 0 Å². The fourth-order valence-corrected chi connectivity index (χ4v) is 2.90. The molecule has 0 radical (unpaired) electrons. The van der Waals surface area contributed by atoms with Gasteiger partial charge in [0, 0.05) is 18.2 Å². The predicted molar refractivity (Wildman–Crippen MR) is 75.5 cm³/mol. The third kappa shape index (κ3) is 3.49. The number of hydrogen-bond donors (Lipinski definition) is 2. The summed E-state index contributed by atoms with van der Waals surface area (Å²) in [5.74, 6) is 2.14. The van der Waals surface area contributed by atoms with Gasteiger partial charge in [-0.1, -0.05) is 32.0 Å². The molecule has 2 heteroatoms. The van der Waals surface area contributed by atoms with Crippen LogP contribution in [0.3, 0.4) is 0 Å². The van der Waals surface area contributed by atoms with Gasteiger partial charge in [0.25, 0.3) is 0 Å². The van der Waals surface area contributed by atoms with Crippen LogP contribution in [0, 0.1) is 11.8 Å². The second kappa shape index (κ2) is 6.24. The molecule has 0 heterocycles. The van der Waals surface area contributed by atoms with Gasteiger partial charge in [-0.2, -0.15) is 0 Å². The number of hydrogen-bond acceptors (Lipinski definition) is 2. The molecule has 1 aromatic rings. The fourth-order valence-electron chi connectivity index (χ4n) is 2.90. The van der Waals surface area contributed by atoms with Crippen molar-refractivity contribution in [3.63, 3.8) is 0 Å². The summed E-state index contributed by atoms with van der Waals surface area (Å²) < 4.78 is 0. The van der Waals surface area contributed by atoms with E-state index in [1.165, 1.54) is 25.7 Å². The van der Waals surface area contributed by atoms with Crippen molar-refractivity contribution in [1.29, 1.82) is 0 Å². The van der Waals surface area contributed by atoms with Gasteiger partial charge < -0.3 is 10.4 Å². The van der Waals surface area contributed by atoms with Crippen molar-refractivity contribution >= 4 is 0 Å². The Kier molecular flexibility index (Phi) is 4.65. The third-order valence-electron chi connectivity index (χ3n) is 4.29. The van der Waals surface area contributed by atoms with E-state index < -0.39 is 0 Å². The lowest BCUT2D eigenvalue weighted by Crippen LogP contribution is -2.33. The highest BCUT2D eigenvalue weighted by molar-refractivity contribution is 5.31. The highest BCUT2D eigenvalue weighted by atomic mass is 16.3. The Morgan fingerprint density at radius 2 is 1.83 bits per heavy atom. The lowest BCUT2D eigenvalue weighted by molar-refractivity contribution is 0.238. The summed E-state index contributed by atoms with van der Waals surface area (Å²) in [5, 5.41) is 13.3.